The van der Waals surface area contributed by atoms with Crippen LogP contribution in [0.15, 0.2) is 12.1 Å². The maximum Gasteiger partial charge on any atom is 0.408 e. The van der Waals surface area contributed by atoms with E-state index in [9.17, 15) is 19.2 Å². The molecule has 3 amide bonds. The largest absolute Gasteiger partial charge is 0.444 e. The van der Waals surface area contributed by atoms with Gasteiger partial charge in [-0.15, -0.1) is 0 Å². The van der Waals surface area contributed by atoms with Crippen LogP contribution in [0.1, 0.15) is 64.2 Å². The van der Waals surface area contributed by atoms with Crippen molar-refractivity contribution >= 4 is 67.0 Å². The average Bonchev–Trinajstić information content (AvgIpc) is 2.87. The Kier molecular flexibility index (Phi) is 13.4. The summed E-state index contributed by atoms with van der Waals surface area (Å²) < 4.78 is 10.5. The smallest absolute Gasteiger partial charge is 0.408 e. The SMILES string of the molecule is CC(C)C[C@H](NC(=O)OC(C)(C)C)C(=O)NCC(=O)N1CCC(C#CC(=O)c2ccc(OSP)c(Cl)c2Cl)CC1. The van der Waals surface area contributed by atoms with Gasteiger partial charge in [0.2, 0.25) is 17.6 Å². The highest BCUT2D eigenvalue weighted by atomic mass is 35.5. The third-order valence-corrected chi connectivity index (χ3v) is 7.22. The fourth-order valence-electron chi connectivity index (χ4n) is 3.88. The van der Waals surface area contributed by atoms with Gasteiger partial charge in [-0.3, -0.25) is 14.4 Å². The van der Waals surface area contributed by atoms with Gasteiger partial charge in [-0.05, 0) is 72.4 Å². The van der Waals surface area contributed by atoms with Gasteiger partial charge < -0.3 is 24.5 Å². The minimum Gasteiger partial charge on any atom is -0.444 e. The molecule has 40 heavy (non-hydrogen) atoms. The molecule has 1 fully saturated rings. The van der Waals surface area contributed by atoms with E-state index in [2.05, 4.69) is 30.9 Å². The number of ether oxygens (including phenoxy) is 1. The molecular weight excluding hydrogens is 596 g/mol. The van der Waals surface area contributed by atoms with Crippen molar-refractivity contribution in [2.24, 2.45) is 11.8 Å². The van der Waals surface area contributed by atoms with Crippen LogP contribution < -0.4 is 14.8 Å². The number of benzene rings is 1. The molecule has 1 unspecified atom stereocenters. The van der Waals surface area contributed by atoms with Crippen molar-refractivity contribution in [2.75, 3.05) is 19.6 Å². The molecule has 1 aromatic rings. The molecule has 0 radical (unpaired) electrons. The molecule has 2 N–H and O–H groups in total. The maximum absolute atomic E-state index is 12.8. The quantitative estimate of drug-likeness (QED) is 0.125. The molecule has 0 saturated carbocycles. The number of ketones is 1. The van der Waals surface area contributed by atoms with Crippen LogP contribution in [0.2, 0.25) is 10.0 Å². The zero-order chi connectivity index (χ0) is 30.0. The van der Waals surface area contributed by atoms with Crippen molar-refractivity contribution in [1.29, 1.82) is 0 Å². The number of hydrogen-bond donors (Lipinski definition) is 2. The Balaban J connectivity index is 1.88. The molecule has 1 aliphatic heterocycles. The highest BCUT2D eigenvalue weighted by molar-refractivity contribution is 8.41. The molecule has 2 rings (SSSR count). The Bertz CT molecular complexity index is 1160. The Hall–Kier alpha value is -2.18. The lowest BCUT2D eigenvalue weighted by atomic mass is 9.97. The number of alkyl carbamates (subject to hydrolysis) is 1. The second-order valence-corrected chi connectivity index (χ2v) is 12.4. The van der Waals surface area contributed by atoms with Gasteiger partial charge >= 0.3 is 6.09 Å². The van der Waals surface area contributed by atoms with Crippen LogP contribution in [0.5, 0.6) is 5.75 Å². The lowest BCUT2D eigenvalue weighted by molar-refractivity contribution is -0.134. The van der Waals surface area contributed by atoms with E-state index in [-0.39, 0.29) is 39.9 Å². The van der Waals surface area contributed by atoms with Crippen LogP contribution in [0.4, 0.5) is 4.79 Å². The third-order valence-electron chi connectivity index (χ3n) is 5.80. The number of hydrogen-bond acceptors (Lipinski definition) is 7. The van der Waals surface area contributed by atoms with Gasteiger partial charge in [-0.25, -0.2) is 4.79 Å². The zero-order valence-corrected chi connectivity index (χ0v) is 26.8. The van der Waals surface area contributed by atoms with Gasteiger partial charge in [0.25, 0.3) is 0 Å². The standard InChI is InChI=1S/C27H36Cl2N3O6PS/c1-16(2)14-19(31-26(36)37-27(3,4)5)25(35)30-15-22(34)32-12-10-17(11-13-32)6-8-20(33)18-7-9-21(38-40-39)24(29)23(18)28/h7,9,16-17,19H,10-15,39H2,1-5H3,(H,30,35)(H,31,36)/t19-/m0/s1. The van der Waals surface area contributed by atoms with E-state index in [1.807, 2.05) is 13.8 Å². The van der Waals surface area contributed by atoms with Crippen LogP contribution in [-0.2, 0) is 14.3 Å². The number of carbonyl (C=O) groups excluding carboxylic acids is 4. The second-order valence-electron chi connectivity index (χ2n) is 10.7. The fourth-order valence-corrected chi connectivity index (χ4v) is 4.93. The summed E-state index contributed by atoms with van der Waals surface area (Å²) in [5, 5.41) is 5.45. The molecule has 220 valence electrons. The molecule has 1 heterocycles. The van der Waals surface area contributed by atoms with E-state index >= 15 is 0 Å². The van der Waals surface area contributed by atoms with Gasteiger partial charge in [0, 0.05) is 19.0 Å². The number of Topliss-reactive ketones (excluding diaryl/α,β-unsaturated/α-hetero) is 1. The normalized spacial score (nSPS) is 14.6. The van der Waals surface area contributed by atoms with E-state index in [1.54, 1.807) is 31.7 Å². The summed E-state index contributed by atoms with van der Waals surface area (Å²) in [4.78, 5) is 51.9. The van der Waals surface area contributed by atoms with Gasteiger partial charge in [-0.1, -0.05) is 43.0 Å². The van der Waals surface area contributed by atoms with Gasteiger partial charge in [0.15, 0.2) is 5.75 Å². The van der Waals surface area contributed by atoms with Gasteiger partial charge in [-0.2, -0.15) is 0 Å². The van der Waals surface area contributed by atoms with E-state index in [0.29, 0.717) is 38.1 Å². The number of amides is 3. The summed E-state index contributed by atoms with van der Waals surface area (Å²) >= 11 is 13.4. The summed E-state index contributed by atoms with van der Waals surface area (Å²) in [6, 6.07) is 2.26. The van der Waals surface area contributed by atoms with E-state index in [4.69, 9.17) is 32.1 Å². The number of likely N-dealkylation sites (tertiary alicyclic amines) is 1. The topological polar surface area (TPSA) is 114 Å². The number of rotatable bonds is 9. The molecule has 13 heteroatoms. The van der Waals surface area contributed by atoms with Crippen molar-refractivity contribution in [2.45, 2.75) is 65.5 Å². The zero-order valence-electron chi connectivity index (χ0n) is 23.3. The van der Waals surface area contributed by atoms with E-state index < -0.39 is 29.4 Å². The number of halogens is 2. The molecule has 9 nitrogen and oxygen atoms in total. The molecular formula is C27H36Cl2N3O6PS. The Labute approximate surface area is 252 Å². The van der Waals surface area contributed by atoms with Crippen LogP contribution in [0, 0.1) is 23.7 Å². The summed E-state index contributed by atoms with van der Waals surface area (Å²) in [5.41, 5.74) is -0.502. The highest BCUT2D eigenvalue weighted by Gasteiger charge is 2.27. The lowest BCUT2D eigenvalue weighted by Crippen LogP contribution is -2.51. The van der Waals surface area contributed by atoms with Crippen LogP contribution in [0.25, 0.3) is 0 Å². The first-order valence-corrected chi connectivity index (χ1v) is 15.8. The van der Waals surface area contributed by atoms with Crippen LogP contribution in [-0.4, -0.2) is 59.9 Å². The van der Waals surface area contributed by atoms with Crippen molar-refractivity contribution in [1.82, 2.24) is 15.5 Å². The summed E-state index contributed by atoms with van der Waals surface area (Å²) in [7, 11) is 2.32. The first-order valence-electron chi connectivity index (χ1n) is 12.8. The fraction of sp³-hybridized carbons (Fsp3) is 0.556. The minimum absolute atomic E-state index is 0.0681. The second kappa shape index (κ2) is 15.7. The number of nitrogens with one attached hydrogen (secondary N) is 2. The molecule has 1 saturated heterocycles. The van der Waals surface area contributed by atoms with Crippen molar-refractivity contribution in [3.63, 3.8) is 0 Å². The minimum atomic E-state index is -0.821. The Morgan fingerprint density at radius 1 is 1.15 bits per heavy atom. The number of nitrogens with zero attached hydrogens (tertiary/aromatic N) is 1. The average molecular weight is 633 g/mol. The first-order chi connectivity index (χ1) is 18.7. The third kappa shape index (κ3) is 11.0. The van der Waals surface area contributed by atoms with Crippen LogP contribution in [0.3, 0.4) is 0 Å². The monoisotopic (exact) mass is 631 g/mol. The summed E-state index contributed by atoms with van der Waals surface area (Å²) in [5.74, 6) is 4.91. The molecule has 0 aliphatic carbocycles. The van der Waals surface area contributed by atoms with Crippen LogP contribution >= 0.6 is 43.3 Å². The first kappa shape index (κ1) is 34.0. The molecule has 0 bridgehead atoms. The highest BCUT2D eigenvalue weighted by Crippen LogP contribution is 2.37. The predicted octanol–water partition coefficient (Wildman–Crippen LogP) is 5.29. The van der Waals surface area contributed by atoms with Gasteiger partial charge in [0.05, 0.1) is 28.8 Å². The summed E-state index contributed by atoms with van der Waals surface area (Å²) in [6.07, 6.45) is 0.882. The van der Waals surface area contributed by atoms with E-state index in [0.717, 1.165) is 11.7 Å². The molecule has 1 aromatic carbocycles. The lowest BCUT2D eigenvalue weighted by Gasteiger charge is -2.30. The van der Waals surface area contributed by atoms with Crippen molar-refractivity contribution in [3.05, 3.63) is 27.7 Å². The van der Waals surface area contributed by atoms with E-state index in [1.165, 1.54) is 6.07 Å². The molecule has 2 atom stereocenters. The Morgan fingerprint density at radius 2 is 1.80 bits per heavy atom. The Morgan fingerprint density at radius 3 is 2.38 bits per heavy atom. The number of carbonyl (C=O) groups is 4. The maximum atomic E-state index is 12.8. The summed E-state index contributed by atoms with van der Waals surface area (Å²) in [6.45, 7) is 9.78. The predicted molar refractivity (Wildman–Crippen MR) is 161 cm³/mol. The van der Waals surface area contributed by atoms with Gasteiger partial charge in [0.1, 0.15) is 16.7 Å². The molecule has 0 aromatic heterocycles. The van der Waals surface area contributed by atoms with Crippen molar-refractivity contribution in [3.8, 4) is 17.6 Å². The number of piperidine rings is 1. The molecule has 1 aliphatic rings. The molecule has 0 spiro atoms. The van der Waals surface area contributed by atoms with Crippen molar-refractivity contribution < 1.29 is 28.1 Å².